The maximum absolute atomic E-state index is 13.9. The number of rotatable bonds is 13. The molecule has 21 heteroatoms. The first-order valence-corrected chi connectivity index (χ1v) is 28.9. The van der Waals surface area contributed by atoms with Crippen molar-refractivity contribution in [3.63, 3.8) is 0 Å². The molecule has 12 rings (SSSR count). The largest absolute Gasteiger partial charge is 0.504 e. The fourth-order valence-corrected chi connectivity index (χ4v) is 12.0. The van der Waals surface area contributed by atoms with Crippen molar-refractivity contribution in [1.82, 2.24) is 0 Å². The average Bonchev–Trinajstić information content (AvgIpc) is 4.34. The number of allylic oxidation sites excluding steroid dienone is 1. The monoisotopic (exact) mass is 1280 g/mol. The molecule has 0 aromatic heterocycles. The second-order valence-corrected chi connectivity index (χ2v) is 21.0. The lowest BCUT2D eigenvalue weighted by atomic mass is 10.1. The Morgan fingerprint density at radius 2 is 1.00 bits per heavy atom. The molecule has 6 aliphatic rings. The number of esters is 2. The third-order valence-electron chi connectivity index (χ3n) is 14.8. The first-order valence-electron chi connectivity index (χ1n) is 26.6. The van der Waals surface area contributed by atoms with Gasteiger partial charge in [0.1, 0.15) is 13.2 Å². The summed E-state index contributed by atoms with van der Waals surface area (Å²) in [4.78, 5) is 78.1. The Labute approximate surface area is 508 Å². The summed E-state index contributed by atoms with van der Waals surface area (Å²) in [6.45, 7) is 0.412. The van der Waals surface area contributed by atoms with Gasteiger partial charge in [-0.3, -0.25) is 34.2 Å². The summed E-state index contributed by atoms with van der Waals surface area (Å²) in [6, 6.07) is 33.1. The molecule has 0 saturated heterocycles. The average molecular weight is 1280 g/mol. The topological polar surface area (TPSA) is 217 Å². The lowest BCUT2D eigenvalue weighted by Crippen LogP contribution is -2.39. The first-order chi connectivity index (χ1) is 40.8. The van der Waals surface area contributed by atoms with Crippen molar-refractivity contribution >= 4 is 108 Å². The molecule has 0 unspecified atom stereocenters. The fraction of sp³-hybridized carbons (Fsp3) is 0.266. The van der Waals surface area contributed by atoms with E-state index in [1.54, 1.807) is 52.6 Å². The number of hydrogen-bond donors (Lipinski definition) is 2. The maximum atomic E-state index is 13.9. The van der Waals surface area contributed by atoms with Gasteiger partial charge in [-0.25, -0.2) is 9.59 Å². The number of aliphatic imine (C=N–C) groups is 2. The number of hydrogen-bond acceptors (Lipinski definition) is 16. The minimum Gasteiger partial charge on any atom is -0.504 e. The Balaban J connectivity index is 0.000000214. The van der Waals surface area contributed by atoms with Crippen molar-refractivity contribution in [1.29, 1.82) is 0 Å². The highest BCUT2D eigenvalue weighted by Crippen LogP contribution is 2.44. The molecular formula is C64H62Br2N6O13. The highest BCUT2D eigenvalue weighted by Gasteiger charge is 2.40. The molecule has 6 aliphatic heterocycles. The summed E-state index contributed by atoms with van der Waals surface area (Å²) in [5.41, 5.74) is 10.3. The van der Waals surface area contributed by atoms with E-state index >= 15 is 0 Å². The predicted molar refractivity (Wildman–Crippen MR) is 333 cm³/mol. The molecule has 3 atom stereocenters. The Morgan fingerprint density at radius 1 is 0.565 bits per heavy atom. The molecule has 2 N–H and O–H groups in total. The number of benzene rings is 6. The van der Waals surface area contributed by atoms with Gasteiger partial charge in [0.15, 0.2) is 34.5 Å². The van der Waals surface area contributed by atoms with Gasteiger partial charge in [0.05, 0.1) is 87.4 Å². The number of halogens is 2. The van der Waals surface area contributed by atoms with Crippen LogP contribution >= 0.6 is 31.9 Å². The number of phenolic OH excluding ortho intramolecular Hbond substituents is 1. The molecule has 0 aliphatic carbocycles. The van der Waals surface area contributed by atoms with Gasteiger partial charge in [0.2, 0.25) is 0 Å². The molecule has 0 spiro atoms. The number of anilines is 4. The summed E-state index contributed by atoms with van der Waals surface area (Å²) >= 11 is 6.46. The molecule has 3 amide bonds. The van der Waals surface area contributed by atoms with Gasteiger partial charge in [-0.2, -0.15) is 0 Å². The second kappa shape index (κ2) is 26.7. The van der Waals surface area contributed by atoms with Crippen molar-refractivity contribution in [3.05, 3.63) is 166 Å². The number of nitrogens with one attached hydrogen (secondary N) is 1. The SMILES string of the molecule is C.COC(=O)/C=C(/COc1cc2c(cc1OC)C(=O)N1c3ccccc3C[C@H]1C=N2)COc1cc2c(cc1OC)C(=O)N1c3ccccc3C[C@H]1CN2.COC(=O)C=C(CBr)CBr.COc1cc2c(cc1O)N=C[C@@H]1Cc3ccccc3N1C2=O. The van der Waals surface area contributed by atoms with Gasteiger partial charge in [0.25, 0.3) is 17.7 Å². The highest BCUT2D eigenvalue weighted by atomic mass is 79.9. The molecule has 440 valence electrons. The van der Waals surface area contributed by atoms with Crippen LogP contribution in [0, 0.1) is 0 Å². The number of carbonyl (C=O) groups is 5. The standard InChI is InChI=1S/C40H36N4O8.C17H14N2O3.C6H8Br2O2.CH4/c1-48-34-15-28-30(41-19-26-13-24-8-4-6-10-32(24)43(26)39(28)46)17-36(34)51-21-23(12-38(45)50-3)22-52-37-18-31-29(16-35(37)49-2)40(47)44-27(20-42-31)14-25-9-5-7-11-33(25)44;1-22-16-7-12-13(8-15(16)20)18-9-11-6-10-4-2-3-5-14(10)19(11)17(12)21;1-10-6(9)2-5(3-7)4-8;/h4-12,15-19,26-27,42H,13-14,20-22H2,1-3H3;2-5,7-9,11,20H,6H2,1H3;2H,3-4H2,1H3;1H4/b23-12-;;;/t26-,27-;11-;;/m00../s1. The normalized spacial score (nSPS) is 16.9. The fourth-order valence-electron chi connectivity index (χ4n) is 10.7. The lowest BCUT2D eigenvalue weighted by Gasteiger charge is -2.23. The Kier molecular flexibility index (Phi) is 19.1. The van der Waals surface area contributed by atoms with E-state index < -0.39 is 5.97 Å². The van der Waals surface area contributed by atoms with Crippen molar-refractivity contribution in [2.24, 2.45) is 9.98 Å². The summed E-state index contributed by atoms with van der Waals surface area (Å²) in [5.74, 6) is 0.322. The van der Waals surface area contributed by atoms with Crippen LogP contribution in [-0.4, -0.2) is 131 Å². The van der Waals surface area contributed by atoms with Gasteiger partial charge in [-0.05, 0) is 65.1 Å². The van der Waals surface area contributed by atoms with Gasteiger partial charge in [-0.15, -0.1) is 0 Å². The van der Waals surface area contributed by atoms with E-state index in [9.17, 15) is 29.1 Å². The zero-order valence-electron chi connectivity index (χ0n) is 46.4. The van der Waals surface area contributed by atoms with E-state index in [4.69, 9.17) is 28.4 Å². The number of methoxy groups -OCH3 is 5. The van der Waals surface area contributed by atoms with Crippen LogP contribution in [0.4, 0.5) is 34.1 Å². The number of para-hydroxylation sites is 3. The number of aromatic hydroxyl groups is 1. The van der Waals surface area contributed by atoms with Gasteiger partial charge < -0.3 is 48.5 Å². The number of phenols is 1. The van der Waals surface area contributed by atoms with E-state index in [1.807, 2.05) is 71.6 Å². The third-order valence-corrected chi connectivity index (χ3v) is 16.3. The van der Waals surface area contributed by atoms with Gasteiger partial charge >= 0.3 is 11.9 Å². The molecular weight excluding hydrogens is 1220 g/mol. The number of fused-ring (bicyclic) bond motifs is 12. The molecule has 19 nitrogen and oxygen atoms in total. The Bertz CT molecular complexity index is 3710. The zero-order valence-corrected chi connectivity index (χ0v) is 49.6. The van der Waals surface area contributed by atoms with Crippen molar-refractivity contribution < 1.29 is 62.2 Å². The number of carbonyl (C=O) groups excluding carboxylic acids is 5. The predicted octanol–water partition coefficient (Wildman–Crippen LogP) is 10.7. The lowest BCUT2D eigenvalue weighted by molar-refractivity contribution is -0.135. The summed E-state index contributed by atoms with van der Waals surface area (Å²) in [7, 11) is 7.10. The number of ether oxygens (including phenoxy) is 7. The van der Waals surface area contributed by atoms with Crippen LogP contribution in [0.25, 0.3) is 0 Å². The smallest absolute Gasteiger partial charge is 0.330 e. The minimum absolute atomic E-state index is 0. The van der Waals surface area contributed by atoms with Crippen molar-refractivity contribution in [2.45, 2.75) is 44.8 Å². The number of amides is 3. The van der Waals surface area contributed by atoms with Gasteiger partial charge in [0, 0.05) is 95.5 Å². The molecule has 0 fully saturated rings. The van der Waals surface area contributed by atoms with Gasteiger partial charge in [-0.1, -0.05) is 93.9 Å². The molecule has 0 radical (unpaired) electrons. The zero-order chi connectivity index (χ0) is 59.2. The molecule has 85 heavy (non-hydrogen) atoms. The van der Waals surface area contributed by atoms with Crippen molar-refractivity contribution in [3.8, 4) is 34.5 Å². The molecule has 0 bridgehead atoms. The minimum atomic E-state index is -0.589. The molecule has 6 heterocycles. The van der Waals surface area contributed by atoms with E-state index in [0.717, 1.165) is 52.2 Å². The van der Waals surface area contributed by atoms with E-state index in [2.05, 4.69) is 58.0 Å². The van der Waals surface area contributed by atoms with Crippen molar-refractivity contribution in [2.75, 3.05) is 86.0 Å². The number of nitrogens with zero attached hydrogens (tertiary/aromatic N) is 5. The van der Waals surface area contributed by atoms with Crippen LogP contribution < -0.4 is 43.7 Å². The van der Waals surface area contributed by atoms with Crippen LogP contribution in [0.1, 0.15) is 55.2 Å². The second-order valence-electron chi connectivity index (χ2n) is 19.9. The van der Waals surface area contributed by atoms with Crippen LogP contribution in [0.3, 0.4) is 0 Å². The third kappa shape index (κ3) is 12.5. The highest BCUT2D eigenvalue weighted by molar-refractivity contribution is 9.10. The van der Waals surface area contributed by atoms with E-state index in [1.165, 1.54) is 53.8 Å². The summed E-state index contributed by atoms with van der Waals surface area (Å²) in [5, 5.41) is 14.7. The van der Waals surface area contributed by atoms with Crippen LogP contribution in [0.5, 0.6) is 34.5 Å². The summed E-state index contributed by atoms with van der Waals surface area (Å²) < 4.78 is 38.2. The Hall–Kier alpha value is -8.95. The van der Waals surface area contributed by atoms with E-state index in [0.29, 0.717) is 85.9 Å². The summed E-state index contributed by atoms with van der Waals surface area (Å²) in [6.07, 6.45) is 8.51. The quantitative estimate of drug-likeness (QED) is 0.0625. The first kappa shape index (κ1) is 60.6. The van der Waals surface area contributed by atoms with Crippen LogP contribution in [-0.2, 0) is 38.3 Å². The molecule has 6 aromatic carbocycles. The Morgan fingerprint density at radius 3 is 1.51 bits per heavy atom. The van der Waals surface area contributed by atoms with Crippen LogP contribution in [0.2, 0.25) is 0 Å². The molecule has 6 aromatic rings. The van der Waals surface area contributed by atoms with E-state index in [-0.39, 0.29) is 74.0 Å². The number of alkyl halides is 2. The van der Waals surface area contributed by atoms with Crippen LogP contribution in [0.15, 0.2) is 142 Å². The molecule has 0 saturated carbocycles. The maximum Gasteiger partial charge on any atom is 0.330 e.